The van der Waals surface area contributed by atoms with Gasteiger partial charge in [0.15, 0.2) is 0 Å². The Morgan fingerprint density at radius 2 is 1.92 bits per heavy atom. The summed E-state index contributed by atoms with van der Waals surface area (Å²) in [6, 6.07) is 9.77. The number of hydrogen-bond donors (Lipinski definition) is 0. The van der Waals surface area contributed by atoms with E-state index in [9.17, 15) is 4.79 Å². The second kappa shape index (κ2) is 2.59. The van der Waals surface area contributed by atoms with E-state index in [1.54, 1.807) is 0 Å². The summed E-state index contributed by atoms with van der Waals surface area (Å²) in [5, 5.41) is 0. The van der Waals surface area contributed by atoms with Crippen LogP contribution in [0.5, 0.6) is 0 Å². The van der Waals surface area contributed by atoms with Crippen molar-refractivity contribution in [1.29, 1.82) is 0 Å². The molecule has 0 spiro atoms. The van der Waals surface area contributed by atoms with Crippen LogP contribution in [-0.2, 0) is 14.9 Å². The molecule has 2 atom stereocenters. The third-order valence-electron chi connectivity index (χ3n) is 2.89. The summed E-state index contributed by atoms with van der Waals surface area (Å²) in [5.74, 6) is -0.119. The Bertz CT molecular complexity index is 331. The molecule has 1 aromatic rings. The van der Waals surface area contributed by atoms with Crippen LogP contribution in [0.25, 0.3) is 0 Å². The van der Waals surface area contributed by atoms with Gasteiger partial charge in [0.05, 0.1) is 0 Å². The van der Waals surface area contributed by atoms with Gasteiger partial charge in [-0.15, -0.1) is 0 Å². The summed E-state index contributed by atoms with van der Waals surface area (Å²) in [6.07, 6.45) is -0.0117. The first-order valence-electron chi connectivity index (χ1n) is 4.42. The van der Waals surface area contributed by atoms with Gasteiger partial charge in [-0.2, -0.15) is 0 Å². The number of rotatable bonds is 1. The van der Waals surface area contributed by atoms with Gasteiger partial charge < -0.3 is 4.74 Å². The Morgan fingerprint density at radius 1 is 1.31 bits per heavy atom. The molecule has 1 aliphatic heterocycles. The smallest absolute Gasteiger partial charge is 0.320 e. The van der Waals surface area contributed by atoms with Crippen molar-refractivity contribution >= 4 is 5.97 Å². The first-order chi connectivity index (χ1) is 6.15. The first-order valence-corrected chi connectivity index (χ1v) is 4.42. The van der Waals surface area contributed by atoms with Crippen LogP contribution in [0.2, 0.25) is 0 Å². The van der Waals surface area contributed by atoms with E-state index in [1.165, 1.54) is 0 Å². The molecule has 1 saturated heterocycles. The predicted octanol–water partition coefficient (Wildman–Crippen LogP) is 1.89. The fraction of sp³-hybridized carbons (Fsp3) is 0.364. The van der Waals surface area contributed by atoms with Crippen LogP contribution < -0.4 is 0 Å². The van der Waals surface area contributed by atoms with Gasteiger partial charge in [-0.05, 0) is 19.4 Å². The number of ether oxygens (including phenoxy) is 1. The number of carbonyl (C=O) groups excluding carboxylic acids is 1. The molecule has 0 aliphatic carbocycles. The lowest BCUT2D eigenvalue weighted by Crippen LogP contribution is -2.56. The van der Waals surface area contributed by atoms with Crippen LogP contribution >= 0.6 is 0 Å². The Kier molecular flexibility index (Phi) is 1.65. The fourth-order valence-corrected chi connectivity index (χ4v) is 1.65. The summed E-state index contributed by atoms with van der Waals surface area (Å²) in [4.78, 5) is 11.3. The quantitative estimate of drug-likeness (QED) is 0.611. The van der Waals surface area contributed by atoms with Crippen molar-refractivity contribution in [2.24, 2.45) is 0 Å². The molecule has 2 rings (SSSR count). The van der Waals surface area contributed by atoms with Crippen LogP contribution in [0.4, 0.5) is 0 Å². The third kappa shape index (κ3) is 0.981. The van der Waals surface area contributed by atoms with E-state index in [0.29, 0.717) is 0 Å². The van der Waals surface area contributed by atoms with Gasteiger partial charge in [-0.3, -0.25) is 4.79 Å². The summed E-state index contributed by atoms with van der Waals surface area (Å²) in [7, 11) is 0. The molecule has 2 heteroatoms. The van der Waals surface area contributed by atoms with E-state index in [4.69, 9.17) is 4.74 Å². The molecule has 1 aromatic carbocycles. The summed E-state index contributed by atoms with van der Waals surface area (Å²) in [6.45, 7) is 3.85. The molecule has 13 heavy (non-hydrogen) atoms. The van der Waals surface area contributed by atoms with E-state index in [-0.39, 0.29) is 12.1 Å². The molecule has 0 N–H and O–H groups in total. The topological polar surface area (TPSA) is 26.3 Å². The Balaban J connectivity index is 2.40. The maximum absolute atomic E-state index is 11.3. The molecule has 0 saturated carbocycles. The van der Waals surface area contributed by atoms with E-state index in [2.05, 4.69) is 0 Å². The van der Waals surface area contributed by atoms with Crippen LogP contribution in [-0.4, -0.2) is 12.1 Å². The zero-order valence-electron chi connectivity index (χ0n) is 7.78. The third-order valence-corrected chi connectivity index (χ3v) is 2.89. The van der Waals surface area contributed by atoms with Crippen LogP contribution in [0, 0.1) is 0 Å². The van der Waals surface area contributed by atoms with Crippen molar-refractivity contribution < 1.29 is 9.53 Å². The molecule has 2 unspecified atom stereocenters. The van der Waals surface area contributed by atoms with Gasteiger partial charge in [-0.25, -0.2) is 0 Å². The molecule has 1 aliphatic rings. The number of esters is 1. The Morgan fingerprint density at radius 3 is 2.38 bits per heavy atom. The maximum Gasteiger partial charge on any atom is 0.320 e. The van der Waals surface area contributed by atoms with Crippen LogP contribution in [0.3, 0.4) is 0 Å². The zero-order valence-corrected chi connectivity index (χ0v) is 7.78. The molecule has 0 bridgehead atoms. The molecule has 2 nitrogen and oxygen atoms in total. The molecule has 0 radical (unpaired) electrons. The lowest BCUT2D eigenvalue weighted by atomic mass is 9.74. The number of hydrogen-bond acceptors (Lipinski definition) is 2. The molecule has 1 heterocycles. The Labute approximate surface area is 77.5 Å². The molecule has 0 aromatic heterocycles. The summed E-state index contributed by atoms with van der Waals surface area (Å²) >= 11 is 0. The molecule has 0 amide bonds. The van der Waals surface area contributed by atoms with Gasteiger partial charge in [0.1, 0.15) is 11.5 Å². The normalized spacial score (nSPS) is 32.2. The minimum Gasteiger partial charge on any atom is -0.460 e. The van der Waals surface area contributed by atoms with Gasteiger partial charge in [-0.1, -0.05) is 30.3 Å². The standard InChI is InChI=1S/C11H12O2/c1-8-11(2,10(12)13-8)9-6-4-3-5-7-9/h3-8H,1-2H3. The Hall–Kier alpha value is -1.31. The molecule has 68 valence electrons. The van der Waals surface area contributed by atoms with Crippen molar-refractivity contribution in [3.05, 3.63) is 35.9 Å². The van der Waals surface area contributed by atoms with E-state index < -0.39 is 5.41 Å². The lowest BCUT2D eigenvalue weighted by molar-refractivity contribution is -0.186. The molecular weight excluding hydrogens is 164 g/mol. The SMILES string of the molecule is CC1OC(=O)C1(C)c1ccccc1. The van der Waals surface area contributed by atoms with Crippen LogP contribution in [0.1, 0.15) is 19.4 Å². The monoisotopic (exact) mass is 176 g/mol. The average molecular weight is 176 g/mol. The predicted molar refractivity (Wildman–Crippen MR) is 49.3 cm³/mol. The van der Waals surface area contributed by atoms with Gasteiger partial charge in [0.25, 0.3) is 0 Å². The van der Waals surface area contributed by atoms with E-state index >= 15 is 0 Å². The number of carbonyl (C=O) groups is 1. The first kappa shape index (κ1) is 8.30. The number of benzene rings is 1. The van der Waals surface area contributed by atoms with Gasteiger partial charge in [0, 0.05) is 0 Å². The van der Waals surface area contributed by atoms with Crippen molar-refractivity contribution in [3.8, 4) is 0 Å². The second-order valence-electron chi connectivity index (χ2n) is 3.62. The highest BCUT2D eigenvalue weighted by atomic mass is 16.6. The van der Waals surface area contributed by atoms with Crippen molar-refractivity contribution in [3.63, 3.8) is 0 Å². The summed E-state index contributed by atoms with van der Waals surface area (Å²) < 4.78 is 4.97. The molecular formula is C11H12O2. The highest BCUT2D eigenvalue weighted by Crippen LogP contribution is 2.38. The van der Waals surface area contributed by atoms with Gasteiger partial charge >= 0.3 is 5.97 Å². The number of cyclic esters (lactones) is 1. The van der Waals surface area contributed by atoms with Crippen molar-refractivity contribution in [2.75, 3.05) is 0 Å². The minimum absolute atomic E-state index is 0.0117. The van der Waals surface area contributed by atoms with Crippen LogP contribution in [0.15, 0.2) is 30.3 Å². The highest BCUT2D eigenvalue weighted by Gasteiger charge is 2.52. The highest BCUT2D eigenvalue weighted by molar-refractivity contribution is 5.88. The summed E-state index contributed by atoms with van der Waals surface area (Å²) in [5.41, 5.74) is 0.611. The largest absolute Gasteiger partial charge is 0.460 e. The zero-order chi connectivity index (χ0) is 9.47. The van der Waals surface area contributed by atoms with Gasteiger partial charge in [0.2, 0.25) is 0 Å². The maximum atomic E-state index is 11.3. The van der Waals surface area contributed by atoms with E-state index in [0.717, 1.165) is 5.56 Å². The average Bonchev–Trinajstić information content (AvgIpc) is 2.18. The van der Waals surface area contributed by atoms with Crippen molar-refractivity contribution in [2.45, 2.75) is 25.4 Å². The second-order valence-corrected chi connectivity index (χ2v) is 3.62. The minimum atomic E-state index is -0.429. The van der Waals surface area contributed by atoms with Crippen molar-refractivity contribution in [1.82, 2.24) is 0 Å². The lowest BCUT2D eigenvalue weighted by Gasteiger charge is -2.42. The van der Waals surface area contributed by atoms with E-state index in [1.807, 2.05) is 44.2 Å². The molecule has 1 fully saturated rings. The fourth-order valence-electron chi connectivity index (χ4n) is 1.65.